The highest BCUT2D eigenvalue weighted by atomic mass is 35.5. The van der Waals surface area contributed by atoms with Crippen molar-refractivity contribution in [3.8, 4) is 17.2 Å². The molecular weight excluding hydrogens is 601 g/mol. The molecule has 0 saturated carbocycles. The van der Waals surface area contributed by atoms with Crippen LogP contribution in [0.2, 0.25) is 5.02 Å². The molecule has 3 rings (SSSR count). The predicted octanol–water partition coefficient (Wildman–Crippen LogP) is 4.64. The van der Waals surface area contributed by atoms with E-state index in [1.807, 2.05) is 6.92 Å². The average Bonchev–Trinajstić information content (AvgIpc) is 3.01. The van der Waals surface area contributed by atoms with Crippen molar-refractivity contribution in [2.24, 2.45) is 0 Å². The fraction of sp³-hybridized carbons (Fsp3) is 0.333. The van der Waals surface area contributed by atoms with Crippen molar-refractivity contribution >= 4 is 39.1 Å². The van der Waals surface area contributed by atoms with E-state index in [0.717, 1.165) is 4.31 Å². The van der Waals surface area contributed by atoms with E-state index in [9.17, 15) is 22.4 Å². The van der Waals surface area contributed by atoms with Gasteiger partial charge in [0.15, 0.2) is 11.5 Å². The molecule has 232 valence electrons. The largest absolute Gasteiger partial charge is 0.495 e. The molecule has 0 radical (unpaired) electrons. The fourth-order valence-electron chi connectivity index (χ4n) is 4.24. The Morgan fingerprint density at radius 1 is 0.930 bits per heavy atom. The lowest BCUT2D eigenvalue weighted by molar-refractivity contribution is -0.139. The second kappa shape index (κ2) is 14.9. The first-order chi connectivity index (χ1) is 20.5. The van der Waals surface area contributed by atoms with Crippen molar-refractivity contribution in [3.05, 3.63) is 77.1 Å². The lowest BCUT2D eigenvalue weighted by atomic mass is 10.1. The number of halogens is 2. The molecule has 0 bridgehead atoms. The summed E-state index contributed by atoms with van der Waals surface area (Å²) in [6.45, 7) is 3.01. The molecule has 0 unspecified atom stereocenters. The van der Waals surface area contributed by atoms with E-state index in [4.69, 9.17) is 25.8 Å². The van der Waals surface area contributed by atoms with Crippen LogP contribution in [-0.4, -0.2) is 65.6 Å². The van der Waals surface area contributed by atoms with Crippen molar-refractivity contribution in [1.82, 2.24) is 10.2 Å². The lowest BCUT2D eigenvalue weighted by Gasteiger charge is -2.32. The van der Waals surface area contributed by atoms with Gasteiger partial charge >= 0.3 is 0 Å². The van der Waals surface area contributed by atoms with Gasteiger partial charge in [0.2, 0.25) is 11.8 Å². The molecule has 0 aliphatic carbocycles. The van der Waals surface area contributed by atoms with Gasteiger partial charge in [-0.25, -0.2) is 12.8 Å². The first-order valence-electron chi connectivity index (χ1n) is 13.4. The molecule has 43 heavy (non-hydrogen) atoms. The maximum atomic E-state index is 14.2. The molecule has 0 spiro atoms. The van der Waals surface area contributed by atoms with E-state index in [2.05, 4.69) is 5.32 Å². The maximum absolute atomic E-state index is 14.2. The Morgan fingerprint density at radius 2 is 1.56 bits per heavy atom. The highest BCUT2D eigenvalue weighted by Crippen LogP contribution is 2.37. The van der Waals surface area contributed by atoms with Crippen LogP contribution < -0.4 is 23.8 Å². The molecule has 1 atom stereocenters. The number of methoxy groups -OCH3 is 3. The maximum Gasteiger partial charge on any atom is 0.265 e. The van der Waals surface area contributed by atoms with Crippen LogP contribution in [0.1, 0.15) is 25.8 Å². The summed E-state index contributed by atoms with van der Waals surface area (Å²) < 4.78 is 58.9. The van der Waals surface area contributed by atoms with Gasteiger partial charge in [-0.2, -0.15) is 0 Å². The third kappa shape index (κ3) is 8.08. The van der Waals surface area contributed by atoms with Crippen LogP contribution in [0, 0.1) is 5.82 Å². The van der Waals surface area contributed by atoms with E-state index >= 15 is 0 Å². The molecule has 2 amide bonds. The average molecular weight is 636 g/mol. The van der Waals surface area contributed by atoms with E-state index in [1.165, 1.54) is 86.9 Å². The quantitative estimate of drug-likeness (QED) is 0.274. The number of carbonyl (C=O) groups is 2. The van der Waals surface area contributed by atoms with E-state index in [1.54, 1.807) is 6.92 Å². The molecule has 0 aliphatic rings. The smallest absolute Gasteiger partial charge is 0.265 e. The highest BCUT2D eigenvalue weighted by molar-refractivity contribution is 7.92. The van der Waals surface area contributed by atoms with Crippen LogP contribution in [0.5, 0.6) is 17.2 Å². The molecule has 13 heteroatoms. The number of rotatable bonds is 14. The number of ether oxygens (including phenoxy) is 3. The molecule has 0 aliphatic heterocycles. The fourth-order valence-corrected chi connectivity index (χ4v) is 5.84. The summed E-state index contributed by atoms with van der Waals surface area (Å²) >= 11 is 6.27. The number of amides is 2. The number of sulfonamides is 1. The number of hydrogen-bond donors (Lipinski definition) is 1. The number of hydrogen-bond acceptors (Lipinski definition) is 7. The summed E-state index contributed by atoms with van der Waals surface area (Å²) in [6, 6.07) is 12.9. The molecule has 0 fully saturated rings. The van der Waals surface area contributed by atoms with E-state index in [0.29, 0.717) is 24.3 Å². The van der Waals surface area contributed by atoms with Gasteiger partial charge in [0, 0.05) is 24.2 Å². The standard InChI is InChI=1S/C30H35ClFN3O7S/c1-6-15-33-30(37)20(2)34(18-21-7-10-23(32)11-8-21)29(36)19-35(25-16-22(31)9-13-26(25)40-3)43(38,39)24-12-14-27(41-4)28(17-24)42-5/h7-14,16-17,20H,6,15,18-19H2,1-5H3,(H,33,37)/t20-/m1/s1. The Kier molecular flexibility index (Phi) is 11.6. The van der Waals surface area contributed by atoms with Gasteiger partial charge in [0.1, 0.15) is 24.2 Å². The molecular formula is C30H35ClFN3O7S. The molecule has 0 heterocycles. The minimum Gasteiger partial charge on any atom is -0.495 e. The number of nitrogens with one attached hydrogen (secondary N) is 1. The van der Waals surface area contributed by atoms with Crippen molar-refractivity contribution in [1.29, 1.82) is 0 Å². The van der Waals surface area contributed by atoms with Crippen LogP contribution in [0.3, 0.4) is 0 Å². The van der Waals surface area contributed by atoms with Gasteiger partial charge in [-0.15, -0.1) is 0 Å². The third-order valence-corrected chi connectivity index (χ3v) is 8.60. The van der Waals surface area contributed by atoms with Crippen LogP contribution in [0.4, 0.5) is 10.1 Å². The monoisotopic (exact) mass is 635 g/mol. The minimum absolute atomic E-state index is 0.00274. The highest BCUT2D eigenvalue weighted by Gasteiger charge is 2.34. The summed E-state index contributed by atoms with van der Waals surface area (Å²) in [6.07, 6.45) is 0.677. The lowest BCUT2D eigenvalue weighted by Crippen LogP contribution is -2.51. The SMILES string of the molecule is CCCNC(=O)[C@@H](C)N(Cc1ccc(F)cc1)C(=O)CN(c1cc(Cl)ccc1OC)S(=O)(=O)c1ccc(OC)c(OC)c1. The number of benzene rings is 3. The van der Waals surface area contributed by atoms with Crippen molar-refractivity contribution in [2.45, 2.75) is 37.8 Å². The summed E-state index contributed by atoms with van der Waals surface area (Å²) in [5.41, 5.74) is 0.544. The van der Waals surface area contributed by atoms with Crippen LogP contribution in [-0.2, 0) is 26.2 Å². The van der Waals surface area contributed by atoms with Crippen LogP contribution in [0.25, 0.3) is 0 Å². The van der Waals surface area contributed by atoms with E-state index < -0.39 is 40.2 Å². The second-order valence-corrected chi connectivity index (χ2v) is 11.8. The van der Waals surface area contributed by atoms with Crippen LogP contribution in [0.15, 0.2) is 65.6 Å². The summed E-state index contributed by atoms with van der Waals surface area (Å²) in [7, 11) is -0.322. The van der Waals surface area contributed by atoms with Gasteiger partial charge in [-0.05, 0) is 61.4 Å². The van der Waals surface area contributed by atoms with Gasteiger partial charge in [-0.3, -0.25) is 13.9 Å². The first kappa shape index (κ1) is 33.5. The number of carbonyl (C=O) groups excluding carboxylic acids is 2. The zero-order chi connectivity index (χ0) is 31.7. The van der Waals surface area contributed by atoms with Gasteiger partial charge in [0.25, 0.3) is 10.0 Å². The molecule has 0 saturated heterocycles. The molecule has 3 aromatic rings. The van der Waals surface area contributed by atoms with Gasteiger partial charge in [0.05, 0.1) is 31.9 Å². The molecule has 0 aromatic heterocycles. The van der Waals surface area contributed by atoms with E-state index in [-0.39, 0.29) is 33.6 Å². The minimum atomic E-state index is -4.47. The molecule has 10 nitrogen and oxygen atoms in total. The van der Waals surface area contributed by atoms with Crippen molar-refractivity contribution in [3.63, 3.8) is 0 Å². The Morgan fingerprint density at radius 3 is 2.16 bits per heavy atom. The Balaban J connectivity index is 2.13. The first-order valence-corrected chi connectivity index (χ1v) is 15.2. The Bertz CT molecular complexity index is 1540. The third-order valence-electron chi connectivity index (χ3n) is 6.61. The van der Waals surface area contributed by atoms with Crippen molar-refractivity contribution in [2.75, 3.05) is 38.7 Å². The summed E-state index contributed by atoms with van der Waals surface area (Å²) in [4.78, 5) is 28.1. The normalized spacial score (nSPS) is 11.8. The van der Waals surface area contributed by atoms with Gasteiger partial charge in [-0.1, -0.05) is 30.7 Å². The zero-order valence-corrected chi connectivity index (χ0v) is 26.2. The Labute approximate surface area is 256 Å². The summed E-state index contributed by atoms with van der Waals surface area (Å²) in [5.74, 6) is -0.981. The van der Waals surface area contributed by atoms with Gasteiger partial charge < -0.3 is 24.4 Å². The summed E-state index contributed by atoms with van der Waals surface area (Å²) in [5, 5.41) is 2.96. The van der Waals surface area contributed by atoms with Crippen molar-refractivity contribution < 1.29 is 36.6 Å². The molecule has 1 N–H and O–H groups in total. The Hall–Kier alpha value is -4.03. The zero-order valence-electron chi connectivity index (χ0n) is 24.6. The second-order valence-electron chi connectivity index (χ2n) is 9.46. The van der Waals surface area contributed by atoms with Crippen LogP contribution >= 0.6 is 11.6 Å². The number of anilines is 1. The topological polar surface area (TPSA) is 114 Å². The predicted molar refractivity (Wildman–Crippen MR) is 162 cm³/mol. The molecule has 3 aromatic carbocycles. The number of nitrogens with zero attached hydrogens (tertiary/aromatic N) is 2.